The summed E-state index contributed by atoms with van der Waals surface area (Å²) >= 11 is 11.6. The summed E-state index contributed by atoms with van der Waals surface area (Å²) in [5.74, 6) is -1.69. The van der Waals surface area contributed by atoms with E-state index in [-0.39, 0.29) is 18.0 Å². The van der Waals surface area contributed by atoms with Crippen LogP contribution < -0.4 is 4.74 Å². The molecule has 8 heteroatoms. The van der Waals surface area contributed by atoms with Gasteiger partial charge in [0.1, 0.15) is 5.75 Å². The molecule has 0 radical (unpaired) electrons. The van der Waals surface area contributed by atoms with Gasteiger partial charge in [0.15, 0.2) is 6.10 Å². The molecule has 2 atom stereocenters. The number of aliphatic carboxylic acids is 1. The van der Waals surface area contributed by atoms with Crippen LogP contribution in [-0.2, 0) is 9.59 Å². The van der Waals surface area contributed by atoms with Crippen LogP contribution in [0.1, 0.15) is 13.3 Å². The molecule has 22 heavy (non-hydrogen) atoms. The Kier molecular flexibility index (Phi) is 4.82. The molecule has 0 aromatic heterocycles. The van der Waals surface area contributed by atoms with Crippen molar-refractivity contribution >= 4 is 35.1 Å². The molecule has 120 valence electrons. The Balaban J connectivity index is 2.01. The molecule has 1 amide bonds. The molecule has 1 saturated heterocycles. The number of carbonyl (C=O) groups excluding carboxylic acids is 1. The van der Waals surface area contributed by atoms with E-state index in [0.29, 0.717) is 10.8 Å². The Labute approximate surface area is 136 Å². The lowest BCUT2D eigenvalue weighted by Gasteiger charge is -2.22. The molecule has 0 saturated carbocycles. The highest BCUT2D eigenvalue weighted by atomic mass is 35.5. The monoisotopic (exact) mass is 349 g/mol. The van der Waals surface area contributed by atoms with Crippen molar-refractivity contribution in [1.82, 2.24) is 4.90 Å². The van der Waals surface area contributed by atoms with E-state index in [4.69, 9.17) is 33.0 Å². The van der Waals surface area contributed by atoms with Gasteiger partial charge >= 0.3 is 5.97 Å². The van der Waals surface area contributed by atoms with Crippen LogP contribution >= 0.6 is 23.2 Å². The average molecular weight is 350 g/mol. The summed E-state index contributed by atoms with van der Waals surface area (Å²) in [6.07, 6.45) is -1.12. The highest BCUT2D eigenvalue weighted by Gasteiger charge is 2.47. The van der Waals surface area contributed by atoms with E-state index in [2.05, 4.69) is 0 Å². The SMILES string of the molecule is CC(Oc1ccc(Cl)c(Cl)c1)C(=O)N1CCC(F)(C(=O)O)C1. The van der Waals surface area contributed by atoms with E-state index in [9.17, 15) is 14.0 Å². The van der Waals surface area contributed by atoms with Crippen molar-refractivity contribution < 1.29 is 23.8 Å². The second-order valence-corrected chi connectivity index (χ2v) is 5.93. The number of benzene rings is 1. The van der Waals surface area contributed by atoms with Gasteiger partial charge in [-0.15, -0.1) is 0 Å². The Morgan fingerprint density at radius 2 is 2.09 bits per heavy atom. The largest absolute Gasteiger partial charge is 0.481 e. The number of likely N-dealkylation sites (tertiary alicyclic amines) is 1. The lowest BCUT2D eigenvalue weighted by atomic mass is 10.1. The third-order valence-electron chi connectivity index (χ3n) is 3.47. The zero-order valence-corrected chi connectivity index (χ0v) is 13.2. The third-order valence-corrected chi connectivity index (χ3v) is 4.21. The number of hydrogen-bond acceptors (Lipinski definition) is 3. The number of amides is 1. The Hall–Kier alpha value is -1.53. The van der Waals surface area contributed by atoms with Gasteiger partial charge in [0.05, 0.1) is 16.6 Å². The molecule has 2 rings (SSSR count). The Morgan fingerprint density at radius 1 is 1.41 bits per heavy atom. The first-order valence-electron chi connectivity index (χ1n) is 6.56. The van der Waals surface area contributed by atoms with Gasteiger partial charge in [-0.25, -0.2) is 9.18 Å². The maximum atomic E-state index is 14.0. The average Bonchev–Trinajstić information content (AvgIpc) is 2.86. The summed E-state index contributed by atoms with van der Waals surface area (Å²) in [6.45, 7) is 1.07. The number of rotatable bonds is 4. The predicted octanol–water partition coefficient (Wildman–Crippen LogP) is 2.79. The fourth-order valence-electron chi connectivity index (χ4n) is 2.20. The van der Waals surface area contributed by atoms with E-state index in [0.717, 1.165) is 4.90 Å². The lowest BCUT2D eigenvalue weighted by Crippen LogP contribution is -2.43. The van der Waals surface area contributed by atoms with Gasteiger partial charge in [-0.2, -0.15) is 0 Å². The lowest BCUT2D eigenvalue weighted by molar-refractivity contribution is -0.150. The molecule has 1 aromatic carbocycles. The zero-order chi connectivity index (χ0) is 16.5. The fraction of sp³-hybridized carbons (Fsp3) is 0.429. The van der Waals surface area contributed by atoms with Gasteiger partial charge in [0, 0.05) is 19.0 Å². The van der Waals surface area contributed by atoms with Gasteiger partial charge < -0.3 is 14.7 Å². The molecule has 1 heterocycles. The van der Waals surface area contributed by atoms with Crippen LogP contribution in [0.25, 0.3) is 0 Å². The maximum absolute atomic E-state index is 14.0. The van der Waals surface area contributed by atoms with Crippen molar-refractivity contribution in [3.05, 3.63) is 28.2 Å². The number of alkyl halides is 1. The van der Waals surface area contributed by atoms with Crippen molar-refractivity contribution in [3.63, 3.8) is 0 Å². The molecule has 2 unspecified atom stereocenters. The number of ether oxygens (including phenoxy) is 1. The van der Waals surface area contributed by atoms with E-state index >= 15 is 0 Å². The zero-order valence-electron chi connectivity index (χ0n) is 11.7. The van der Waals surface area contributed by atoms with Crippen LogP contribution in [0.5, 0.6) is 5.75 Å². The van der Waals surface area contributed by atoms with Crippen molar-refractivity contribution in [2.24, 2.45) is 0 Å². The molecule has 5 nitrogen and oxygen atoms in total. The topological polar surface area (TPSA) is 66.8 Å². The number of carbonyl (C=O) groups is 2. The quantitative estimate of drug-likeness (QED) is 0.907. The van der Waals surface area contributed by atoms with E-state index in [1.165, 1.54) is 19.1 Å². The highest BCUT2D eigenvalue weighted by Crippen LogP contribution is 2.29. The summed E-state index contributed by atoms with van der Waals surface area (Å²) in [5.41, 5.74) is -2.39. The molecule has 1 aliphatic heterocycles. The van der Waals surface area contributed by atoms with Crippen LogP contribution in [0.3, 0.4) is 0 Å². The van der Waals surface area contributed by atoms with Gasteiger partial charge in [0.25, 0.3) is 5.91 Å². The summed E-state index contributed by atoms with van der Waals surface area (Å²) in [7, 11) is 0. The van der Waals surface area contributed by atoms with E-state index < -0.39 is 30.2 Å². The summed E-state index contributed by atoms with van der Waals surface area (Å²) < 4.78 is 19.4. The summed E-state index contributed by atoms with van der Waals surface area (Å²) in [5, 5.41) is 9.47. The number of halogens is 3. The number of hydrogen-bond donors (Lipinski definition) is 1. The first kappa shape index (κ1) is 16.8. The predicted molar refractivity (Wildman–Crippen MR) is 79.2 cm³/mol. The van der Waals surface area contributed by atoms with Crippen LogP contribution in [0.15, 0.2) is 18.2 Å². The maximum Gasteiger partial charge on any atom is 0.343 e. The first-order chi connectivity index (χ1) is 10.2. The Morgan fingerprint density at radius 3 is 2.64 bits per heavy atom. The molecular weight excluding hydrogens is 336 g/mol. The van der Waals surface area contributed by atoms with Gasteiger partial charge in [-0.05, 0) is 19.1 Å². The second kappa shape index (κ2) is 6.30. The second-order valence-electron chi connectivity index (χ2n) is 5.12. The van der Waals surface area contributed by atoms with Crippen molar-refractivity contribution in [2.75, 3.05) is 13.1 Å². The molecule has 1 N–H and O–H groups in total. The summed E-state index contributed by atoms with van der Waals surface area (Å²) in [4.78, 5) is 24.2. The van der Waals surface area contributed by atoms with Gasteiger partial charge in [-0.3, -0.25) is 4.79 Å². The molecule has 1 aliphatic rings. The van der Waals surface area contributed by atoms with Crippen molar-refractivity contribution in [3.8, 4) is 5.75 Å². The normalized spacial score (nSPS) is 22.5. The third kappa shape index (κ3) is 3.44. The first-order valence-corrected chi connectivity index (χ1v) is 7.31. The highest BCUT2D eigenvalue weighted by molar-refractivity contribution is 6.42. The van der Waals surface area contributed by atoms with E-state index in [1.54, 1.807) is 6.07 Å². The van der Waals surface area contributed by atoms with Gasteiger partial charge in [0.2, 0.25) is 5.67 Å². The van der Waals surface area contributed by atoms with Crippen molar-refractivity contribution in [2.45, 2.75) is 25.1 Å². The minimum Gasteiger partial charge on any atom is -0.481 e. The van der Waals surface area contributed by atoms with Crippen LogP contribution in [0.4, 0.5) is 4.39 Å². The Bertz CT molecular complexity index is 613. The summed E-state index contributed by atoms with van der Waals surface area (Å²) in [6, 6.07) is 4.55. The van der Waals surface area contributed by atoms with Crippen LogP contribution in [0, 0.1) is 0 Å². The number of carboxylic acid groups (broad SMARTS) is 1. The minimum absolute atomic E-state index is 0.0384. The minimum atomic E-state index is -2.39. The fourth-order valence-corrected chi connectivity index (χ4v) is 2.49. The molecule has 1 fully saturated rings. The molecule has 0 bridgehead atoms. The standard InChI is InChI=1S/C14H14Cl2FNO4/c1-8(22-9-2-3-10(15)11(16)6-9)12(19)18-5-4-14(17,7-18)13(20)21/h2-3,6,8H,4-5,7H2,1H3,(H,20,21). The number of carboxylic acids is 1. The van der Waals surface area contributed by atoms with Crippen LogP contribution in [0.2, 0.25) is 10.0 Å². The number of nitrogens with zero attached hydrogens (tertiary/aromatic N) is 1. The van der Waals surface area contributed by atoms with E-state index in [1.807, 2.05) is 0 Å². The molecule has 0 spiro atoms. The van der Waals surface area contributed by atoms with Crippen molar-refractivity contribution in [1.29, 1.82) is 0 Å². The molecular formula is C14H14Cl2FNO4. The molecule has 1 aromatic rings. The van der Waals surface area contributed by atoms with Gasteiger partial charge in [-0.1, -0.05) is 23.2 Å². The molecule has 0 aliphatic carbocycles. The smallest absolute Gasteiger partial charge is 0.343 e. The van der Waals surface area contributed by atoms with Crippen LogP contribution in [-0.4, -0.2) is 46.7 Å².